The number of nitrogens with zero attached hydrogens (tertiary/aromatic N) is 3. The van der Waals surface area contributed by atoms with Crippen LogP contribution in [-0.2, 0) is 6.61 Å². The van der Waals surface area contributed by atoms with Gasteiger partial charge in [0.15, 0.2) is 0 Å². The molecule has 1 aliphatic heterocycles. The highest BCUT2D eigenvalue weighted by molar-refractivity contribution is 5.77. The number of benzene rings is 1. The topological polar surface area (TPSA) is 51.4 Å². The molecule has 2 aliphatic rings. The monoisotopic (exact) mass is 405 g/mol. The Balaban J connectivity index is 0.000000265. The van der Waals surface area contributed by atoms with Gasteiger partial charge in [0, 0.05) is 25.2 Å². The SMILES string of the molecule is C1CCCCCC1.Cc1cnc(-c2ccc3c(c2)COc2nc(N(C)C)ccc2-3)o1. The molecule has 0 saturated heterocycles. The molecule has 1 saturated carbocycles. The lowest BCUT2D eigenvalue weighted by Crippen LogP contribution is -2.13. The fraction of sp³-hybridized carbons (Fsp3) is 0.440. The Morgan fingerprint density at radius 2 is 1.53 bits per heavy atom. The maximum absolute atomic E-state index is 5.85. The second-order valence-corrected chi connectivity index (χ2v) is 8.33. The average Bonchev–Trinajstić information content (AvgIpc) is 3.00. The summed E-state index contributed by atoms with van der Waals surface area (Å²) >= 11 is 0. The zero-order valence-corrected chi connectivity index (χ0v) is 18.3. The van der Waals surface area contributed by atoms with Crippen LogP contribution in [0.2, 0.25) is 0 Å². The van der Waals surface area contributed by atoms with Crippen LogP contribution in [0, 0.1) is 6.92 Å². The molecule has 0 bridgehead atoms. The van der Waals surface area contributed by atoms with E-state index < -0.39 is 0 Å². The first-order chi connectivity index (χ1) is 14.6. The third-order valence-electron chi connectivity index (χ3n) is 5.68. The van der Waals surface area contributed by atoms with E-state index in [4.69, 9.17) is 9.15 Å². The van der Waals surface area contributed by atoms with Crippen molar-refractivity contribution in [1.82, 2.24) is 9.97 Å². The molecule has 2 aromatic heterocycles. The lowest BCUT2D eigenvalue weighted by atomic mass is 9.97. The maximum atomic E-state index is 5.85. The van der Waals surface area contributed by atoms with Gasteiger partial charge in [0.1, 0.15) is 18.2 Å². The van der Waals surface area contributed by atoms with Crippen molar-refractivity contribution in [3.63, 3.8) is 0 Å². The van der Waals surface area contributed by atoms with Crippen LogP contribution in [0.5, 0.6) is 5.88 Å². The van der Waals surface area contributed by atoms with Crippen molar-refractivity contribution >= 4 is 5.82 Å². The van der Waals surface area contributed by atoms with Gasteiger partial charge in [0.05, 0.1) is 6.20 Å². The molecule has 0 unspecified atom stereocenters. The van der Waals surface area contributed by atoms with Gasteiger partial charge in [-0.15, -0.1) is 0 Å². The van der Waals surface area contributed by atoms with E-state index in [1.807, 2.05) is 38.1 Å². The molecule has 0 spiro atoms. The summed E-state index contributed by atoms with van der Waals surface area (Å²) in [5, 5.41) is 0. The van der Waals surface area contributed by atoms with E-state index in [1.54, 1.807) is 6.20 Å². The minimum Gasteiger partial charge on any atom is -0.472 e. The number of ether oxygens (including phenoxy) is 1. The summed E-state index contributed by atoms with van der Waals surface area (Å²) < 4.78 is 11.5. The second kappa shape index (κ2) is 9.33. The third-order valence-corrected chi connectivity index (χ3v) is 5.68. The van der Waals surface area contributed by atoms with Gasteiger partial charge < -0.3 is 14.1 Å². The summed E-state index contributed by atoms with van der Waals surface area (Å²) in [6, 6.07) is 10.2. The van der Waals surface area contributed by atoms with Gasteiger partial charge in [-0.25, -0.2) is 4.98 Å². The van der Waals surface area contributed by atoms with E-state index in [1.165, 1.54) is 44.9 Å². The molecule has 5 rings (SSSR count). The van der Waals surface area contributed by atoms with Crippen LogP contribution in [0.25, 0.3) is 22.6 Å². The number of aromatic nitrogens is 2. The first kappa shape index (κ1) is 20.5. The predicted octanol–water partition coefficient (Wildman–Crippen LogP) is 6.40. The Morgan fingerprint density at radius 3 is 2.13 bits per heavy atom. The highest BCUT2D eigenvalue weighted by atomic mass is 16.5. The fourth-order valence-corrected chi connectivity index (χ4v) is 3.98. The molecule has 1 aromatic carbocycles. The Bertz CT molecular complexity index is 974. The van der Waals surface area contributed by atoms with Crippen LogP contribution in [0.3, 0.4) is 0 Å². The van der Waals surface area contributed by atoms with Crippen molar-refractivity contribution in [2.45, 2.75) is 58.5 Å². The number of aryl methyl sites for hydroxylation is 1. The minimum absolute atomic E-state index is 0.500. The minimum atomic E-state index is 0.500. The molecular formula is C25H31N3O2. The molecule has 0 atom stereocenters. The number of hydrogen-bond acceptors (Lipinski definition) is 5. The van der Waals surface area contributed by atoms with Crippen molar-refractivity contribution < 1.29 is 9.15 Å². The van der Waals surface area contributed by atoms with Crippen LogP contribution in [0.15, 0.2) is 40.9 Å². The summed E-state index contributed by atoms with van der Waals surface area (Å²) in [6.45, 7) is 2.39. The molecule has 0 N–H and O–H groups in total. The molecule has 1 aliphatic carbocycles. The van der Waals surface area contributed by atoms with E-state index in [0.29, 0.717) is 18.4 Å². The molecule has 30 heavy (non-hydrogen) atoms. The Kier molecular flexibility index (Phi) is 6.36. The maximum Gasteiger partial charge on any atom is 0.226 e. The predicted molar refractivity (Wildman–Crippen MR) is 121 cm³/mol. The zero-order valence-electron chi connectivity index (χ0n) is 18.3. The van der Waals surface area contributed by atoms with Crippen LogP contribution in [0.1, 0.15) is 56.3 Å². The molecule has 158 valence electrons. The van der Waals surface area contributed by atoms with Crippen LogP contribution < -0.4 is 9.64 Å². The Labute approximate surface area is 179 Å². The van der Waals surface area contributed by atoms with Gasteiger partial charge >= 0.3 is 0 Å². The first-order valence-corrected chi connectivity index (χ1v) is 11.0. The van der Waals surface area contributed by atoms with E-state index in [9.17, 15) is 0 Å². The van der Waals surface area contributed by atoms with E-state index in [2.05, 4.69) is 28.2 Å². The van der Waals surface area contributed by atoms with Crippen LogP contribution in [-0.4, -0.2) is 24.1 Å². The van der Waals surface area contributed by atoms with Crippen molar-refractivity contribution in [2.75, 3.05) is 19.0 Å². The van der Waals surface area contributed by atoms with Crippen molar-refractivity contribution in [3.8, 4) is 28.5 Å². The van der Waals surface area contributed by atoms with Gasteiger partial charge in [0.25, 0.3) is 0 Å². The van der Waals surface area contributed by atoms with E-state index >= 15 is 0 Å². The lowest BCUT2D eigenvalue weighted by Gasteiger charge is -2.22. The molecule has 0 amide bonds. The number of oxazole rings is 1. The van der Waals surface area contributed by atoms with Crippen LogP contribution >= 0.6 is 0 Å². The molecule has 3 heterocycles. The van der Waals surface area contributed by atoms with Crippen molar-refractivity contribution in [3.05, 3.63) is 47.9 Å². The first-order valence-electron chi connectivity index (χ1n) is 11.0. The Morgan fingerprint density at radius 1 is 0.867 bits per heavy atom. The number of hydrogen-bond donors (Lipinski definition) is 0. The van der Waals surface area contributed by atoms with Gasteiger partial charge in [-0.1, -0.05) is 51.0 Å². The largest absolute Gasteiger partial charge is 0.472 e. The molecule has 5 nitrogen and oxygen atoms in total. The summed E-state index contributed by atoms with van der Waals surface area (Å²) in [5.41, 5.74) is 4.25. The quantitative estimate of drug-likeness (QED) is 0.462. The summed E-state index contributed by atoms with van der Waals surface area (Å²) in [7, 11) is 3.94. The number of pyridine rings is 1. The van der Waals surface area contributed by atoms with E-state index in [0.717, 1.165) is 33.8 Å². The molecule has 1 fully saturated rings. The molecule has 3 aromatic rings. The number of rotatable bonds is 2. The fourth-order valence-electron chi connectivity index (χ4n) is 3.98. The number of anilines is 1. The average molecular weight is 406 g/mol. The van der Waals surface area contributed by atoms with E-state index in [-0.39, 0.29) is 0 Å². The van der Waals surface area contributed by atoms with Gasteiger partial charge in [0.2, 0.25) is 11.8 Å². The van der Waals surface area contributed by atoms with Crippen molar-refractivity contribution in [1.29, 1.82) is 0 Å². The second-order valence-electron chi connectivity index (χ2n) is 8.33. The highest BCUT2D eigenvalue weighted by Gasteiger charge is 2.20. The summed E-state index contributed by atoms with van der Waals surface area (Å²) in [6.07, 6.45) is 12.2. The van der Waals surface area contributed by atoms with Crippen molar-refractivity contribution in [2.24, 2.45) is 0 Å². The highest BCUT2D eigenvalue weighted by Crippen LogP contribution is 2.38. The number of fused-ring (bicyclic) bond motifs is 3. The van der Waals surface area contributed by atoms with Gasteiger partial charge in [-0.05, 0) is 42.3 Å². The molecule has 5 heteroatoms. The molecular weight excluding hydrogens is 374 g/mol. The van der Waals surface area contributed by atoms with Crippen LogP contribution in [0.4, 0.5) is 5.82 Å². The van der Waals surface area contributed by atoms with Gasteiger partial charge in [-0.2, -0.15) is 4.98 Å². The third kappa shape index (κ3) is 4.66. The zero-order chi connectivity index (χ0) is 20.9. The molecule has 0 radical (unpaired) electrons. The summed E-state index contributed by atoms with van der Waals surface area (Å²) in [4.78, 5) is 10.8. The standard InChI is InChI=1S/C18H17N3O2.C7H14/c1-11-9-19-17(23-11)12-4-5-14-13(8-12)10-22-18-15(14)6-7-16(20-18)21(2)3;1-2-4-6-7-5-3-1/h4-9H,10H2,1-3H3;1-7H2. The lowest BCUT2D eigenvalue weighted by molar-refractivity contribution is 0.290. The van der Waals surface area contributed by atoms with Gasteiger partial charge in [-0.3, -0.25) is 0 Å². The normalized spacial score (nSPS) is 15.0. The summed E-state index contributed by atoms with van der Waals surface area (Å²) in [5.74, 6) is 3.01. The smallest absolute Gasteiger partial charge is 0.226 e. The Hall–Kier alpha value is -2.82.